The highest BCUT2D eigenvalue weighted by atomic mass is 16.6. The molecule has 0 saturated carbocycles. The Morgan fingerprint density at radius 1 is 1.04 bits per heavy atom. The molecule has 3 rings (SSSR count). The van der Waals surface area contributed by atoms with Gasteiger partial charge in [0, 0.05) is 6.42 Å². The third-order valence-electron chi connectivity index (χ3n) is 4.09. The monoisotopic (exact) mass is 321 g/mol. The van der Waals surface area contributed by atoms with Gasteiger partial charge in [-0.25, -0.2) is 9.69 Å². The van der Waals surface area contributed by atoms with Crippen molar-refractivity contribution in [3.63, 3.8) is 0 Å². The second-order valence-corrected chi connectivity index (χ2v) is 5.66. The lowest BCUT2D eigenvalue weighted by Gasteiger charge is -2.23. The summed E-state index contributed by atoms with van der Waals surface area (Å²) in [5.41, 5.74) is 1.75. The molecular formula is C20H19NO3. The zero-order valence-corrected chi connectivity index (χ0v) is 13.3. The van der Waals surface area contributed by atoms with Crippen LogP contribution in [-0.4, -0.2) is 16.9 Å². The van der Waals surface area contributed by atoms with Crippen molar-refractivity contribution in [2.45, 2.75) is 25.0 Å². The van der Waals surface area contributed by atoms with Gasteiger partial charge in [0.15, 0.2) is 6.10 Å². The van der Waals surface area contributed by atoms with E-state index in [9.17, 15) is 9.59 Å². The summed E-state index contributed by atoms with van der Waals surface area (Å²) in [4.78, 5) is 26.2. The Morgan fingerprint density at radius 3 is 2.21 bits per heavy atom. The van der Waals surface area contributed by atoms with E-state index in [1.54, 1.807) is 6.08 Å². The summed E-state index contributed by atoms with van der Waals surface area (Å²) in [7, 11) is 0. The zero-order chi connectivity index (χ0) is 16.9. The lowest BCUT2D eigenvalue weighted by atomic mass is 9.95. The Kier molecular flexibility index (Phi) is 4.75. The Hall–Kier alpha value is -2.88. The number of hydrogen-bond donors (Lipinski definition) is 0. The predicted octanol–water partition coefficient (Wildman–Crippen LogP) is 4.41. The van der Waals surface area contributed by atoms with Crippen LogP contribution in [-0.2, 0) is 9.53 Å². The van der Waals surface area contributed by atoms with Crippen molar-refractivity contribution < 1.29 is 14.3 Å². The van der Waals surface area contributed by atoms with E-state index in [1.807, 2.05) is 60.7 Å². The highest BCUT2D eigenvalue weighted by Crippen LogP contribution is 2.43. The van der Waals surface area contributed by atoms with Crippen molar-refractivity contribution in [3.05, 3.63) is 84.4 Å². The highest BCUT2D eigenvalue weighted by molar-refractivity contribution is 5.94. The van der Waals surface area contributed by atoms with Gasteiger partial charge in [-0.05, 0) is 17.5 Å². The largest absolute Gasteiger partial charge is 0.438 e. The minimum atomic E-state index is -0.591. The van der Waals surface area contributed by atoms with Gasteiger partial charge in [-0.1, -0.05) is 66.7 Å². The molecule has 2 amide bonds. The Bertz CT molecular complexity index is 727. The Labute approximate surface area is 141 Å². The number of cyclic esters (lactones) is 1. The van der Waals surface area contributed by atoms with E-state index in [0.717, 1.165) is 11.1 Å². The summed E-state index contributed by atoms with van der Waals surface area (Å²) in [6.07, 6.45) is 1.34. The molecule has 24 heavy (non-hydrogen) atoms. The predicted molar refractivity (Wildman–Crippen MR) is 91.1 cm³/mol. The minimum absolute atomic E-state index is 0.240. The van der Waals surface area contributed by atoms with Crippen LogP contribution >= 0.6 is 0 Å². The average molecular weight is 321 g/mol. The summed E-state index contributed by atoms with van der Waals surface area (Å²) in [6.45, 7) is 3.63. The molecule has 2 aromatic rings. The maximum Gasteiger partial charge on any atom is 0.417 e. The summed E-state index contributed by atoms with van der Waals surface area (Å²) >= 11 is 0. The second kappa shape index (κ2) is 7.13. The summed E-state index contributed by atoms with van der Waals surface area (Å²) in [5.74, 6) is -0.243. The lowest BCUT2D eigenvalue weighted by Crippen LogP contribution is -2.34. The molecule has 0 radical (unpaired) electrons. The first-order valence-electron chi connectivity index (χ1n) is 7.96. The molecule has 0 bridgehead atoms. The van der Waals surface area contributed by atoms with Gasteiger partial charge < -0.3 is 4.74 Å². The van der Waals surface area contributed by atoms with Crippen LogP contribution in [0.15, 0.2) is 73.3 Å². The number of hydrogen-bond acceptors (Lipinski definition) is 3. The summed E-state index contributed by atoms with van der Waals surface area (Å²) in [6, 6.07) is 18.6. The van der Waals surface area contributed by atoms with Crippen LogP contribution in [0.25, 0.3) is 0 Å². The highest BCUT2D eigenvalue weighted by Gasteiger charge is 2.46. The SMILES string of the molecule is C=CCCC(=O)N1C(=O)OC(c2ccccc2)C1c1ccccc1. The minimum Gasteiger partial charge on any atom is -0.438 e. The van der Waals surface area contributed by atoms with E-state index >= 15 is 0 Å². The topological polar surface area (TPSA) is 46.6 Å². The second-order valence-electron chi connectivity index (χ2n) is 5.66. The molecule has 2 atom stereocenters. The summed E-state index contributed by atoms with van der Waals surface area (Å²) in [5, 5.41) is 0. The quantitative estimate of drug-likeness (QED) is 0.766. The van der Waals surface area contributed by atoms with Crippen LogP contribution in [0.5, 0.6) is 0 Å². The van der Waals surface area contributed by atoms with Crippen molar-refractivity contribution in [1.29, 1.82) is 0 Å². The molecule has 122 valence electrons. The van der Waals surface area contributed by atoms with Crippen LogP contribution < -0.4 is 0 Å². The molecule has 2 aromatic carbocycles. The third kappa shape index (κ3) is 3.08. The van der Waals surface area contributed by atoms with Gasteiger partial charge in [0.2, 0.25) is 5.91 Å². The molecule has 0 N–H and O–H groups in total. The van der Waals surface area contributed by atoms with Crippen LogP contribution in [0.2, 0.25) is 0 Å². The molecule has 1 fully saturated rings. The Balaban J connectivity index is 2.00. The average Bonchev–Trinajstić information content (AvgIpc) is 2.98. The van der Waals surface area contributed by atoms with Crippen LogP contribution in [0.4, 0.5) is 4.79 Å². The molecule has 0 aromatic heterocycles. The van der Waals surface area contributed by atoms with Crippen LogP contribution in [0, 0.1) is 0 Å². The zero-order valence-electron chi connectivity index (χ0n) is 13.3. The molecule has 1 aliphatic rings. The van der Waals surface area contributed by atoms with Gasteiger partial charge in [0.25, 0.3) is 0 Å². The van der Waals surface area contributed by atoms with E-state index in [1.165, 1.54) is 4.90 Å². The van der Waals surface area contributed by atoms with Gasteiger partial charge >= 0.3 is 6.09 Å². The number of rotatable bonds is 5. The number of carbonyl (C=O) groups is 2. The molecular weight excluding hydrogens is 302 g/mol. The number of ether oxygens (including phenoxy) is 1. The maximum absolute atomic E-state index is 12.6. The van der Waals surface area contributed by atoms with E-state index in [0.29, 0.717) is 6.42 Å². The number of nitrogens with zero attached hydrogens (tertiary/aromatic N) is 1. The smallest absolute Gasteiger partial charge is 0.417 e. The number of allylic oxidation sites excluding steroid dienone is 1. The van der Waals surface area contributed by atoms with E-state index < -0.39 is 18.2 Å². The normalized spacial score (nSPS) is 19.8. The molecule has 4 heteroatoms. The molecule has 1 aliphatic heterocycles. The third-order valence-corrected chi connectivity index (χ3v) is 4.09. The molecule has 4 nitrogen and oxygen atoms in total. The molecule has 0 aliphatic carbocycles. The van der Waals surface area contributed by atoms with Crippen molar-refractivity contribution in [2.75, 3.05) is 0 Å². The fourth-order valence-electron chi connectivity index (χ4n) is 2.95. The first-order chi connectivity index (χ1) is 11.7. The maximum atomic E-state index is 12.6. The number of carbonyl (C=O) groups excluding carboxylic acids is 2. The number of benzene rings is 2. The van der Waals surface area contributed by atoms with Crippen molar-refractivity contribution in [2.24, 2.45) is 0 Å². The molecule has 1 heterocycles. The van der Waals surface area contributed by atoms with Gasteiger partial charge in [-0.3, -0.25) is 4.79 Å². The van der Waals surface area contributed by atoms with Crippen molar-refractivity contribution in [1.82, 2.24) is 4.90 Å². The molecule has 1 saturated heterocycles. The summed E-state index contributed by atoms with van der Waals surface area (Å²) < 4.78 is 5.57. The number of imide groups is 1. The van der Waals surface area contributed by atoms with Gasteiger partial charge in [0.05, 0.1) is 0 Å². The first-order valence-corrected chi connectivity index (χ1v) is 7.96. The fourth-order valence-corrected chi connectivity index (χ4v) is 2.95. The molecule has 0 spiro atoms. The van der Waals surface area contributed by atoms with Crippen LogP contribution in [0.1, 0.15) is 36.1 Å². The van der Waals surface area contributed by atoms with Crippen LogP contribution in [0.3, 0.4) is 0 Å². The lowest BCUT2D eigenvalue weighted by molar-refractivity contribution is -0.129. The van der Waals surface area contributed by atoms with E-state index in [-0.39, 0.29) is 12.3 Å². The van der Waals surface area contributed by atoms with Crippen molar-refractivity contribution >= 4 is 12.0 Å². The Morgan fingerprint density at radius 2 is 1.62 bits per heavy atom. The van der Waals surface area contributed by atoms with Crippen molar-refractivity contribution in [3.8, 4) is 0 Å². The first kappa shape index (κ1) is 16.0. The number of amides is 2. The van der Waals surface area contributed by atoms with Gasteiger partial charge in [0.1, 0.15) is 6.04 Å². The molecule has 2 unspecified atom stereocenters. The van der Waals surface area contributed by atoms with E-state index in [2.05, 4.69) is 6.58 Å². The van der Waals surface area contributed by atoms with E-state index in [4.69, 9.17) is 4.74 Å². The fraction of sp³-hybridized carbons (Fsp3) is 0.200. The van der Waals surface area contributed by atoms with Gasteiger partial charge in [-0.15, -0.1) is 6.58 Å². The standard InChI is InChI=1S/C20H19NO3/c1-2-3-14-17(22)21-18(15-10-6-4-7-11-15)19(24-20(21)23)16-12-8-5-9-13-16/h2,4-13,18-19H,1,3,14H2. The van der Waals surface area contributed by atoms with Gasteiger partial charge in [-0.2, -0.15) is 0 Å².